The Morgan fingerprint density at radius 2 is 2.12 bits per heavy atom. The molecule has 1 aromatic carbocycles. The van der Waals surface area contributed by atoms with Crippen LogP contribution in [0.4, 0.5) is 11.4 Å². The highest BCUT2D eigenvalue weighted by atomic mass is 16.2. The summed E-state index contributed by atoms with van der Waals surface area (Å²) in [7, 11) is 4.07. The molecule has 1 aliphatic heterocycles. The largest absolute Gasteiger partial charge is 0.384 e. The van der Waals surface area contributed by atoms with Crippen LogP contribution in [0.15, 0.2) is 42.6 Å². The summed E-state index contributed by atoms with van der Waals surface area (Å²) in [5, 5.41) is 3.34. The molecule has 2 aromatic rings. The topological polar surface area (TPSA) is 48.5 Å². The summed E-state index contributed by atoms with van der Waals surface area (Å²) in [6.45, 7) is 3.84. The second-order valence-electron chi connectivity index (χ2n) is 6.52. The van der Waals surface area contributed by atoms with E-state index in [-0.39, 0.29) is 11.9 Å². The number of aromatic nitrogens is 1. The molecule has 0 spiro atoms. The number of pyridine rings is 1. The molecule has 1 aromatic heterocycles. The molecule has 1 amide bonds. The summed E-state index contributed by atoms with van der Waals surface area (Å²) in [5.74, 6) is -0.0382. The molecular weight excluding hydrogens is 300 g/mol. The van der Waals surface area contributed by atoms with E-state index in [1.807, 2.05) is 49.3 Å². The first kappa shape index (κ1) is 16.5. The van der Waals surface area contributed by atoms with Crippen molar-refractivity contribution < 1.29 is 4.79 Å². The highest BCUT2D eigenvalue weighted by molar-refractivity contribution is 6.06. The molecule has 2 heterocycles. The fourth-order valence-electron chi connectivity index (χ4n) is 3.08. The number of rotatable bonds is 5. The number of anilines is 2. The van der Waals surface area contributed by atoms with Gasteiger partial charge in [0.25, 0.3) is 5.91 Å². The molecule has 0 aliphatic carbocycles. The number of amides is 1. The zero-order valence-corrected chi connectivity index (χ0v) is 14.5. The second-order valence-corrected chi connectivity index (χ2v) is 6.52. The third-order valence-electron chi connectivity index (χ3n) is 4.29. The number of benzene rings is 1. The minimum Gasteiger partial charge on any atom is -0.384 e. The normalized spacial score (nSPS) is 16.3. The highest BCUT2D eigenvalue weighted by Crippen LogP contribution is 2.32. The molecule has 0 saturated carbocycles. The van der Waals surface area contributed by atoms with Gasteiger partial charge in [-0.1, -0.05) is 18.2 Å². The third kappa shape index (κ3) is 3.41. The van der Waals surface area contributed by atoms with Crippen LogP contribution in [0.3, 0.4) is 0 Å². The maximum atomic E-state index is 13.0. The SMILES string of the molecule is CC1Cc2ccccc2N1C(=O)c1cc(NCCN(C)C)ccn1. The van der Waals surface area contributed by atoms with Crippen molar-refractivity contribution in [1.29, 1.82) is 0 Å². The standard InChI is InChI=1S/C19H24N4O/c1-14-12-15-6-4-5-7-18(15)23(14)19(24)17-13-16(8-9-21-17)20-10-11-22(2)3/h4-9,13-14H,10-12H2,1-3H3,(H,20,21). The van der Waals surface area contributed by atoms with Crippen LogP contribution in [0.2, 0.25) is 0 Å². The van der Waals surface area contributed by atoms with E-state index in [4.69, 9.17) is 0 Å². The zero-order chi connectivity index (χ0) is 17.1. The quantitative estimate of drug-likeness (QED) is 0.918. The van der Waals surface area contributed by atoms with Crippen LogP contribution in [0.25, 0.3) is 0 Å². The maximum Gasteiger partial charge on any atom is 0.277 e. The van der Waals surface area contributed by atoms with E-state index in [9.17, 15) is 4.79 Å². The van der Waals surface area contributed by atoms with Crippen LogP contribution >= 0.6 is 0 Å². The second kappa shape index (κ2) is 7.01. The van der Waals surface area contributed by atoms with E-state index in [1.165, 1.54) is 5.56 Å². The molecule has 0 bridgehead atoms. The molecular formula is C19H24N4O. The summed E-state index contributed by atoms with van der Waals surface area (Å²) < 4.78 is 0. The monoisotopic (exact) mass is 324 g/mol. The summed E-state index contributed by atoms with van der Waals surface area (Å²) in [4.78, 5) is 21.3. The summed E-state index contributed by atoms with van der Waals surface area (Å²) in [6.07, 6.45) is 2.58. The van der Waals surface area contributed by atoms with Gasteiger partial charge in [-0.15, -0.1) is 0 Å². The van der Waals surface area contributed by atoms with Crippen molar-refractivity contribution >= 4 is 17.3 Å². The molecule has 126 valence electrons. The van der Waals surface area contributed by atoms with Gasteiger partial charge in [0.1, 0.15) is 5.69 Å². The van der Waals surface area contributed by atoms with E-state index in [0.717, 1.165) is 30.9 Å². The molecule has 1 N–H and O–H groups in total. The minimum atomic E-state index is -0.0382. The maximum absolute atomic E-state index is 13.0. The molecule has 0 fully saturated rings. The fourth-order valence-corrected chi connectivity index (χ4v) is 3.08. The average molecular weight is 324 g/mol. The van der Waals surface area contributed by atoms with Crippen molar-refractivity contribution in [2.24, 2.45) is 0 Å². The van der Waals surface area contributed by atoms with Crippen molar-refractivity contribution in [3.05, 3.63) is 53.9 Å². The lowest BCUT2D eigenvalue weighted by molar-refractivity contribution is 0.0976. The van der Waals surface area contributed by atoms with Gasteiger partial charge in [0.2, 0.25) is 0 Å². The van der Waals surface area contributed by atoms with Crippen LogP contribution in [-0.4, -0.2) is 49.0 Å². The van der Waals surface area contributed by atoms with Gasteiger partial charge in [-0.2, -0.15) is 0 Å². The Morgan fingerprint density at radius 1 is 1.33 bits per heavy atom. The highest BCUT2D eigenvalue weighted by Gasteiger charge is 2.31. The van der Waals surface area contributed by atoms with E-state index in [2.05, 4.69) is 28.2 Å². The smallest absolute Gasteiger partial charge is 0.277 e. The van der Waals surface area contributed by atoms with Crippen LogP contribution in [0.1, 0.15) is 23.0 Å². The van der Waals surface area contributed by atoms with Gasteiger partial charge in [-0.3, -0.25) is 9.78 Å². The number of nitrogens with one attached hydrogen (secondary N) is 1. The zero-order valence-electron chi connectivity index (χ0n) is 14.5. The van der Waals surface area contributed by atoms with Gasteiger partial charge in [0.15, 0.2) is 0 Å². The van der Waals surface area contributed by atoms with Gasteiger partial charge in [0.05, 0.1) is 0 Å². The van der Waals surface area contributed by atoms with Gasteiger partial charge in [-0.25, -0.2) is 0 Å². The van der Waals surface area contributed by atoms with Crippen molar-refractivity contribution in [3.63, 3.8) is 0 Å². The minimum absolute atomic E-state index is 0.0382. The predicted octanol–water partition coefficient (Wildman–Crippen LogP) is 2.65. The van der Waals surface area contributed by atoms with E-state index >= 15 is 0 Å². The predicted molar refractivity (Wildman–Crippen MR) is 97.7 cm³/mol. The molecule has 1 atom stereocenters. The van der Waals surface area contributed by atoms with Crippen LogP contribution < -0.4 is 10.2 Å². The summed E-state index contributed by atoms with van der Waals surface area (Å²) in [6, 6.07) is 12.0. The Morgan fingerprint density at radius 3 is 2.92 bits per heavy atom. The van der Waals surface area contributed by atoms with Gasteiger partial charge in [-0.05, 0) is 51.2 Å². The first-order chi connectivity index (χ1) is 11.6. The average Bonchev–Trinajstić information content (AvgIpc) is 2.90. The molecule has 3 rings (SSSR count). The number of carbonyl (C=O) groups is 1. The first-order valence-electron chi connectivity index (χ1n) is 8.32. The lowest BCUT2D eigenvalue weighted by Crippen LogP contribution is -2.36. The lowest BCUT2D eigenvalue weighted by atomic mass is 10.1. The number of hydrogen-bond acceptors (Lipinski definition) is 4. The van der Waals surface area contributed by atoms with Crippen molar-refractivity contribution in [2.45, 2.75) is 19.4 Å². The summed E-state index contributed by atoms with van der Waals surface area (Å²) >= 11 is 0. The van der Waals surface area contributed by atoms with Crippen molar-refractivity contribution in [3.8, 4) is 0 Å². The molecule has 5 nitrogen and oxygen atoms in total. The van der Waals surface area contributed by atoms with Gasteiger partial charge >= 0.3 is 0 Å². The number of fused-ring (bicyclic) bond motifs is 1. The molecule has 0 saturated heterocycles. The van der Waals surface area contributed by atoms with E-state index < -0.39 is 0 Å². The Bertz CT molecular complexity index is 729. The van der Waals surface area contributed by atoms with Gasteiger partial charge < -0.3 is 15.1 Å². The van der Waals surface area contributed by atoms with Gasteiger partial charge in [0, 0.05) is 36.7 Å². The Labute approximate surface area is 143 Å². The van der Waals surface area contributed by atoms with Crippen molar-refractivity contribution in [1.82, 2.24) is 9.88 Å². The number of hydrogen-bond donors (Lipinski definition) is 1. The van der Waals surface area contributed by atoms with Crippen LogP contribution in [0, 0.1) is 0 Å². The molecule has 0 radical (unpaired) electrons. The fraction of sp³-hybridized carbons (Fsp3) is 0.368. The Kier molecular flexibility index (Phi) is 4.81. The number of carbonyl (C=O) groups excluding carboxylic acids is 1. The summed E-state index contributed by atoms with van der Waals surface area (Å²) in [5.41, 5.74) is 3.63. The third-order valence-corrected chi connectivity index (χ3v) is 4.29. The molecule has 1 aliphatic rings. The molecule has 5 heteroatoms. The van der Waals surface area contributed by atoms with Crippen LogP contribution in [-0.2, 0) is 6.42 Å². The number of para-hydroxylation sites is 1. The van der Waals surface area contributed by atoms with Crippen LogP contribution in [0.5, 0.6) is 0 Å². The lowest BCUT2D eigenvalue weighted by Gasteiger charge is -2.22. The van der Waals surface area contributed by atoms with Crippen molar-refractivity contribution in [2.75, 3.05) is 37.4 Å². The molecule has 24 heavy (non-hydrogen) atoms. The van der Waals surface area contributed by atoms with E-state index in [1.54, 1.807) is 6.20 Å². The Balaban J connectivity index is 1.78. The number of nitrogens with zero attached hydrogens (tertiary/aromatic N) is 3. The number of likely N-dealkylation sites (N-methyl/N-ethyl adjacent to an activating group) is 1. The Hall–Kier alpha value is -2.40. The van der Waals surface area contributed by atoms with E-state index in [0.29, 0.717) is 5.69 Å². The first-order valence-corrected chi connectivity index (χ1v) is 8.32. The molecule has 1 unspecified atom stereocenters.